The first-order chi connectivity index (χ1) is 9.71. The molecule has 0 saturated heterocycles. The lowest BCUT2D eigenvalue weighted by molar-refractivity contribution is 0.283. The van der Waals surface area contributed by atoms with Gasteiger partial charge in [0.2, 0.25) is 0 Å². The Morgan fingerprint density at radius 3 is 2.05 bits per heavy atom. The highest BCUT2D eigenvalue weighted by Crippen LogP contribution is 2.07. The largest absolute Gasteiger partial charge is 0.390 e. The van der Waals surface area contributed by atoms with Gasteiger partial charge in [-0.2, -0.15) is 0 Å². The second-order valence-electron chi connectivity index (χ2n) is 4.90. The Bertz CT molecular complexity index is 330. The molecule has 1 rings (SSSR count). The first kappa shape index (κ1) is 18.7. The summed E-state index contributed by atoms with van der Waals surface area (Å²) in [5.41, 5.74) is 2.80. The topological polar surface area (TPSA) is 15.3 Å². The maximum absolute atomic E-state index is 3.66. The van der Waals surface area contributed by atoms with Crippen LogP contribution in [0.25, 0.3) is 0 Å². The van der Waals surface area contributed by atoms with E-state index in [-0.39, 0.29) is 0 Å². The summed E-state index contributed by atoms with van der Waals surface area (Å²) in [6.45, 7) is 16.4. The lowest BCUT2D eigenvalue weighted by Crippen LogP contribution is -2.29. The first-order valence-electron chi connectivity index (χ1n) is 7.86. The number of likely N-dealkylation sites (N-methyl/N-ethyl adjacent to an activating group) is 1. The van der Waals surface area contributed by atoms with E-state index >= 15 is 0 Å². The molecule has 114 valence electrons. The average molecular weight is 276 g/mol. The van der Waals surface area contributed by atoms with Crippen molar-refractivity contribution in [1.29, 1.82) is 0 Å². The van der Waals surface area contributed by atoms with Crippen LogP contribution in [0.5, 0.6) is 0 Å². The zero-order valence-corrected chi connectivity index (χ0v) is 13.8. The van der Waals surface area contributed by atoms with Gasteiger partial charge in [-0.05, 0) is 30.3 Å². The number of rotatable bonds is 8. The van der Waals surface area contributed by atoms with Crippen molar-refractivity contribution in [1.82, 2.24) is 10.2 Å². The first-order valence-corrected chi connectivity index (χ1v) is 7.86. The van der Waals surface area contributed by atoms with Crippen LogP contribution in [0.2, 0.25) is 0 Å². The smallest absolute Gasteiger partial charge is 0.0269 e. The van der Waals surface area contributed by atoms with Crippen molar-refractivity contribution in [2.75, 3.05) is 19.6 Å². The number of aryl methyl sites for hydroxylation is 1. The van der Waals surface area contributed by atoms with Crippen LogP contribution >= 0.6 is 0 Å². The predicted octanol–water partition coefficient (Wildman–Crippen LogP) is 4.22. The summed E-state index contributed by atoms with van der Waals surface area (Å²) >= 11 is 0. The highest BCUT2D eigenvalue weighted by molar-refractivity contribution is 5.22. The fourth-order valence-corrected chi connectivity index (χ4v) is 1.81. The van der Waals surface area contributed by atoms with Gasteiger partial charge in [0.15, 0.2) is 0 Å². The summed E-state index contributed by atoms with van der Waals surface area (Å²) in [4.78, 5) is 2.43. The van der Waals surface area contributed by atoms with Gasteiger partial charge in [-0.3, -0.25) is 4.90 Å². The van der Waals surface area contributed by atoms with E-state index in [0.29, 0.717) is 0 Å². The Balaban J connectivity index is 0.00000110. The van der Waals surface area contributed by atoms with E-state index in [1.165, 1.54) is 17.5 Å². The monoisotopic (exact) mass is 276 g/mol. The molecule has 0 unspecified atom stereocenters. The van der Waals surface area contributed by atoms with Crippen LogP contribution in [-0.2, 0) is 13.0 Å². The second kappa shape index (κ2) is 12.7. The third-order valence-electron chi connectivity index (χ3n) is 3.00. The Labute approximate surface area is 125 Å². The molecule has 1 N–H and O–H groups in total. The molecule has 1 aromatic carbocycles. The van der Waals surface area contributed by atoms with Crippen molar-refractivity contribution in [2.24, 2.45) is 0 Å². The van der Waals surface area contributed by atoms with E-state index in [1.807, 2.05) is 0 Å². The Hall–Kier alpha value is -1.28. The van der Waals surface area contributed by atoms with Crippen LogP contribution < -0.4 is 5.32 Å². The van der Waals surface area contributed by atoms with E-state index in [2.05, 4.69) is 68.8 Å². The summed E-state index contributed by atoms with van der Waals surface area (Å²) in [5.74, 6) is 0. The van der Waals surface area contributed by atoms with Crippen LogP contribution in [-0.4, -0.2) is 24.5 Å². The molecule has 20 heavy (non-hydrogen) atoms. The van der Waals surface area contributed by atoms with Gasteiger partial charge in [-0.25, -0.2) is 0 Å². The van der Waals surface area contributed by atoms with Crippen molar-refractivity contribution in [3.8, 4) is 0 Å². The molecule has 0 aliphatic heterocycles. The molecule has 0 aliphatic rings. The summed E-state index contributed by atoms with van der Waals surface area (Å²) in [6, 6.07) is 8.93. The lowest BCUT2D eigenvalue weighted by Gasteiger charge is -2.20. The van der Waals surface area contributed by atoms with Gasteiger partial charge in [-0.15, -0.1) is 0 Å². The Morgan fingerprint density at radius 2 is 1.60 bits per heavy atom. The van der Waals surface area contributed by atoms with Crippen molar-refractivity contribution in [3.63, 3.8) is 0 Å². The molecule has 0 atom stereocenters. The normalized spacial score (nSPS) is 9.85. The Kier molecular flexibility index (Phi) is 11.9. The van der Waals surface area contributed by atoms with Crippen molar-refractivity contribution in [2.45, 2.75) is 47.1 Å². The standard InChI is InChI=1S/C15H24N2.C3H8/c1-4-14-7-9-15(10-8-14)13-17(6-3)12-11-16-5-2;1-3-2/h5,7-10,16H,2,4,6,11-13H2,1,3H3;3H2,1-2H3. The summed E-state index contributed by atoms with van der Waals surface area (Å²) < 4.78 is 0. The van der Waals surface area contributed by atoms with Gasteiger partial charge in [0, 0.05) is 19.6 Å². The highest BCUT2D eigenvalue weighted by atomic mass is 15.1. The van der Waals surface area contributed by atoms with Gasteiger partial charge >= 0.3 is 0 Å². The molecular formula is C18H32N2. The van der Waals surface area contributed by atoms with Crippen LogP contribution in [0.15, 0.2) is 37.0 Å². The third-order valence-corrected chi connectivity index (χ3v) is 3.00. The lowest BCUT2D eigenvalue weighted by atomic mass is 10.1. The minimum absolute atomic E-state index is 0.963. The molecule has 0 aliphatic carbocycles. The molecule has 0 spiro atoms. The van der Waals surface area contributed by atoms with Crippen LogP contribution in [0, 0.1) is 0 Å². The number of hydrogen-bond acceptors (Lipinski definition) is 2. The van der Waals surface area contributed by atoms with E-state index in [9.17, 15) is 0 Å². The van der Waals surface area contributed by atoms with Gasteiger partial charge in [-0.1, -0.05) is 65.0 Å². The van der Waals surface area contributed by atoms with Crippen LogP contribution in [0.1, 0.15) is 45.2 Å². The molecule has 0 bridgehead atoms. The van der Waals surface area contributed by atoms with E-state index < -0.39 is 0 Å². The third kappa shape index (κ3) is 8.76. The molecule has 1 aromatic rings. The van der Waals surface area contributed by atoms with E-state index in [0.717, 1.165) is 32.6 Å². The van der Waals surface area contributed by atoms with E-state index in [1.54, 1.807) is 6.20 Å². The quantitative estimate of drug-likeness (QED) is 0.715. The highest BCUT2D eigenvalue weighted by Gasteiger charge is 2.02. The molecule has 0 fully saturated rings. The minimum Gasteiger partial charge on any atom is -0.390 e. The zero-order chi connectivity index (χ0) is 15.2. The maximum Gasteiger partial charge on any atom is 0.0269 e. The van der Waals surface area contributed by atoms with Gasteiger partial charge in [0.1, 0.15) is 0 Å². The van der Waals surface area contributed by atoms with Crippen molar-refractivity contribution in [3.05, 3.63) is 48.2 Å². The molecule has 0 aromatic heterocycles. The number of hydrogen-bond donors (Lipinski definition) is 1. The van der Waals surface area contributed by atoms with Gasteiger partial charge in [0.05, 0.1) is 0 Å². The molecule has 2 nitrogen and oxygen atoms in total. The van der Waals surface area contributed by atoms with Crippen molar-refractivity contribution < 1.29 is 0 Å². The van der Waals surface area contributed by atoms with Gasteiger partial charge in [0.25, 0.3) is 0 Å². The SMILES string of the molecule is C=CNCCN(CC)Cc1ccc(CC)cc1.CCC. The number of nitrogens with zero attached hydrogens (tertiary/aromatic N) is 1. The summed E-state index contributed by atoms with van der Waals surface area (Å²) in [5, 5.41) is 3.14. The van der Waals surface area contributed by atoms with Crippen LogP contribution in [0.4, 0.5) is 0 Å². The summed E-state index contributed by atoms with van der Waals surface area (Å²) in [6.07, 6.45) is 4.12. The molecule has 0 amide bonds. The molecule has 0 saturated carbocycles. The molecule has 0 heterocycles. The summed E-state index contributed by atoms with van der Waals surface area (Å²) in [7, 11) is 0. The fourth-order valence-electron chi connectivity index (χ4n) is 1.81. The Morgan fingerprint density at radius 1 is 1.05 bits per heavy atom. The zero-order valence-electron chi connectivity index (χ0n) is 13.8. The average Bonchev–Trinajstić information content (AvgIpc) is 2.48. The number of nitrogens with one attached hydrogen (secondary N) is 1. The fraction of sp³-hybridized carbons (Fsp3) is 0.556. The van der Waals surface area contributed by atoms with Crippen LogP contribution in [0.3, 0.4) is 0 Å². The second-order valence-corrected chi connectivity index (χ2v) is 4.90. The molecule has 2 heteroatoms. The van der Waals surface area contributed by atoms with Gasteiger partial charge < -0.3 is 5.32 Å². The predicted molar refractivity (Wildman–Crippen MR) is 90.9 cm³/mol. The number of benzene rings is 1. The molecule has 0 radical (unpaired) electrons. The molecular weight excluding hydrogens is 244 g/mol. The van der Waals surface area contributed by atoms with E-state index in [4.69, 9.17) is 0 Å². The minimum atomic E-state index is 0.963. The van der Waals surface area contributed by atoms with Crippen molar-refractivity contribution >= 4 is 0 Å². The maximum atomic E-state index is 3.66.